The Morgan fingerprint density at radius 1 is 0.900 bits per heavy atom. The standard InChI is InChI=1S/C17H14N2O/c1-11-7-8-15-13(9-11)16-10-12-5-3-4-6-14(12)19(16)17(20)18(15)2/h3-10H,1-2H3. The molecule has 4 rings (SSSR count). The van der Waals surface area contributed by atoms with Crippen LogP contribution in [0.1, 0.15) is 5.56 Å². The number of rotatable bonds is 0. The minimum atomic E-state index is -0.00227. The number of hydrogen-bond donors (Lipinski definition) is 0. The smallest absolute Gasteiger partial charge is 0.296 e. The molecule has 0 N–H and O–H groups in total. The zero-order valence-corrected chi connectivity index (χ0v) is 11.4. The molecule has 0 fully saturated rings. The summed E-state index contributed by atoms with van der Waals surface area (Å²) in [5, 5.41) is 2.21. The van der Waals surface area contributed by atoms with Crippen molar-refractivity contribution in [1.29, 1.82) is 0 Å². The van der Waals surface area contributed by atoms with E-state index in [1.165, 1.54) is 5.56 Å². The highest BCUT2D eigenvalue weighted by Gasteiger charge is 2.11. The Balaban J connectivity index is 2.42. The second kappa shape index (κ2) is 3.73. The minimum absolute atomic E-state index is 0.00227. The second-order valence-corrected chi connectivity index (χ2v) is 5.29. The van der Waals surface area contributed by atoms with Gasteiger partial charge in [0, 0.05) is 17.8 Å². The zero-order chi connectivity index (χ0) is 13.9. The molecule has 0 radical (unpaired) electrons. The van der Waals surface area contributed by atoms with Crippen molar-refractivity contribution in [3.8, 4) is 0 Å². The number of aromatic nitrogens is 2. The van der Waals surface area contributed by atoms with E-state index >= 15 is 0 Å². The van der Waals surface area contributed by atoms with Crippen molar-refractivity contribution in [2.45, 2.75) is 6.92 Å². The molecule has 3 nitrogen and oxygen atoms in total. The van der Waals surface area contributed by atoms with E-state index in [4.69, 9.17) is 0 Å². The van der Waals surface area contributed by atoms with Gasteiger partial charge in [-0.3, -0.25) is 8.97 Å². The Labute approximate surface area is 115 Å². The van der Waals surface area contributed by atoms with Crippen molar-refractivity contribution in [2.24, 2.45) is 7.05 Å². The van der Waals surface area contributed by atoms with Crippen LogP contribution in [0.5, 0.6) is 0 Å². The molecule has 98 valence electrons. The Hall–Kier alpha value is -2.55. The zero-order valence-electron chi connectivity index (χ0n) is 11.4. The van der Waals surface area contributed by atoms with Crippen molar-refractivity contribution >= 4 is 27.3 Å². The molecule has 0 aliphatic carbocycles. The lowest BCUT2D eigenvalue weighted by Gasteiger charge is -2.08. The maximum Gasteiger partial charge on any atom is 0.333 e. The van der Waals surface area contributed by atoms with Gasteiger partial charge < -0.3 is 0 Å². The van der Waals surface area contributed by atoms with Crippen molar-refractivity contribution in [2.75, 3.05) is 0 Å². The van der Waals surface area contributed by atoms with E-state index in [2.05, 4.69) is 19.1 Å². The van der Waals surface area contributed by atoms with Crippen molar-refractivity contribution in [3.05, 3.63) is 64.6 Å². The van der Waals surface area contributed by atoms with Gasteiger partial charge in [0.1, 0.15) is 0 Å². The van der Waals surface area contributed by atoms with Gasteiger partial charge >= 0.3 is 5.69 Å². The summed E-state index contributed by atoms with van der Waals surface area (Å²) in [6.07, 6.45) is 0. The highest BCUT2D eigenvalue weighted by atomic mass is 16.1. The van der Waals surface area contributed by atoms with Gasteiger partial charge in [-0.05, 0) is 31.2 Å². The van der Waals surface area contributed by atoms with Gasteiger partial charge in [-0.1, -0.05) is 29.8 Å². The average molecular weight is 262 g/mol. The molecule has 0 aliphatic heterocycles. The van der Waals surface area contributed by atoms with Gasteiger partial charge in [-0.25, -0.2) is 4.79 Å². The summed E-state index contributed by atoms with van der Waals surface area (Å²) in [6, 6.07) is 16.3. The third kappa shape index (κ3) is 1.32. The molecular formula is C17H14N2O. The molecule has 0 saturated heterocycles. The summed E-state index contributed by atoms with van der Waals surface area (Å²) in [5.41, 5.74) is 4.11. The number of fused-ring (bicyclic) bond motifs is 5. The van der Waals surface area contributed by atoms with Gasteiger partial charge in [-0.15, -0.1) is 0 Å². The molecule has 0 unspecified atom stereocenters. The van der Waals surface area contributed by atoms with E-state index in [1.54, 1.807) is 8.97 Å². The maximum absolute atomic E-state index is 12.6. The highest BCUT2D eigenvalue weighted by molar-refractivity contribution is 6.01. The molecule has 0 aliphatic rings. The topological polar surface area (TPSA) is 26.4 Å². The predicted molar refractivity (Wildman–Crippen MR) is 82.4 cm³/mol. The fraction of sp³-hybridized carbons (Fsp3) is 0.118. The van der Waals surface area contributed by atoms with Crippen molar-refractivity contribution in [1.82, 2.24) is 8.97 Å². The van der Waals surface area contributed by atoms with Crippen LogP contribution in [-0.4, -0.2) is 8.97 Å². The normalized spacial score (nSPS) is 11.7. The summed E-state index contributed by atoms with van der Waals surface area (Å²) in [6.45, 7) is 2.07. The van der Waals surface area contributed by atoms with E-state index < -0.39 is 0 Å². The second-order valence-electron chi connectivity index (χ2n) is 5.29. The Morgan fingerprint density at radius 2 is 1.70 bits per heavy atom. The van der Waals surface area contributed by atoms with Crippen LogP contribution in [0.4, 0.5) is 0 Å². The molecule has 20 heavy (non-hydrogen) atoms. The first kappa shape index (κ1) is 11.3. The highest BCUT2D eigenvalue weighted by Crippen LogP contribution is 2.25. The number of benzene rings is 2. The molecule has 0 saturated carbocycles. The molecule has 2 aromatic heterocycles. The van der Waals surface area contributed by atoms with Crippen LogP contribution < -0.4 is 5.69 Å². The fourth-order valence-corrected chi connectivity index (χ4v) is 2.96. The van der Waals surface area contributed by atoms with Crippen LogP contribution in [0.3, 0.4) is 0 Å². The van der Waals surface area contributed by atoms with E-state index in [0.717, 1.165) is 27.3 Å². The Morgan fingerprint density at radius 3 is 2.55 bits per heavy atom. The third-order valence-corrected chi connectivity index (χ3v) is 3.98. The maximum atomic E-state index is 12.6. The minimum Gasteiger partial charge on any atom is -0.296 e. The van der Waals surface area contributed by atoms with Crippen molar-refractivity contribution < 1.29 is 0 Å². The summed E-state index contributed by atoms with van der Waals surface area (Å²) >= 11 is 0. The van der Waals surface area contributed by atoms with E-state index in [-0.39, 0.29) is 5.69 Å². The van der Waals surface area contributed by atoms with Crippen LogP contribution in [0.25, 0.3) is 27.3 Å². The average Bonchev–Trinajstić information content (AvgIpc) is 2.84. The van der Waals surface area contributed by atoms with Gasteiger partial charge in [0.15, 0.2) is 0 Å². The number of aryl methyl sites for hydroxylation is 2. The number of nitrogens with zero attached hydrogens (tertiary/aromatic N) is 2. The lowest BCUT2D eigenvalue weighted by Crippen LogP contribution is -2.24. The van der Waals surface area contributed by atoms with Crippen LogP contribution in [0.2, 0.25) is 0 Å². The summed E-state index contributed by atoms with van der Waals surface area (Å²) in [4.78, 5) is 12.6. The molecule has 4 aromatic rings. The first-order chi connectivity index (χ1) is 9.66. The number of para-hydroxylation sites is 1. The van der Waals surface area contributed by atoms with Crippen LogP contribution in [0.15, 0.2) is 53.3 Å². The number of hydrogen-bond acceptors (Lipinski definition) is 1. The summed E-state index contributed by atoms with van der Waals surface area (Å²) < 4.78 is 3.52. The van der Waals surface area contributed by atoms with Gasteiger partial charge in [-0.2, -0.15) is 0 Å². The molecule has 0 atom stereocenters. The lowest BCUT2D eigenvalue weighted by molar-refractivity contribution is 0.838. The molecule has 0 spiro atoms. The van der Waals surface area contributed by atoms with Gasteiger partial charge in [0.2, 0.25) is 0 Å². The Kier molecular flexibility index (Phi) is 2.11. The quantitative estimate of drug-likeness (QED) is 0.478. The van der Waals surface area contributed by atoms with Crippen LogP contribution in [-0.2, 0) is 7.05 Å². The largest absolute Gasteiger partial charge is 0.333 e. The third-order valence-electron chi connectivity index (χ3n) is 3.98. The van der Waals surface area contributed by atoms with Gasteiger partial charge in [0.05, 0.1) is 16.6 Å². The Bertz CT molecular complexity index is 1040. The fourth-order valence-electron chi connectivity index (χ4n) is 2.96. The monoisotopic (exact) mass is 262 g/mol. The lowest BCUT2D eigenvalue weighted by atomic mass is 10.1. The molecule has 2 aromatic carbocycles. The predicted octanol–water partition coefficient (Wildman–Crippen LogP) is 3.25. The SMILES string of the molecule is Cc1ccc2c(c1)c1cc3ccccc3n1c(=O)n2C. The van der Waals surface area contributed by atoms with Crippen LogP contribution in [0, 0.1) is 6.92 Å². The summed E-state index contributed by atoms with van der Waals surface area (Å²) in [7, 11) is 1.83. The van der Waals surface area contributed by atoms with E-state index in [0.29, 0.717) is 0 Å². The summed E-state index contributed by atoms with van der Waals surface area (Å²) in [5.74, 6) is 0. The molecular weight excluding hydrogens is 248 g/mol. The van der Waals surface area contributed by atoms with E-state index in [1.807, 2.05) is 43.4 Å². The first-order valence-corrected chi connectivity index (χ1v) is 6.66. The molecule has 0 bridgehead atoms. The molecule has 3 heteroatoms. The first-order valence-electron chi connectivity index (χ1n) is 6.66. The molecule has 2 heterocycles. The molecule has 0 amide bonds. The van der Waals surface area contributed by atoms with Crippen molar-refractivity contribution in [3.63, 3.8) is 0 Å². The van der Waals surface area contributed by atoms with E-state index in [9.17, 15) is 4.79 Å². The van der Waals surface area contributed by atoms with Crippen LogP contribution >= 0.6 is 0 Å². The van der Waals surface area contributed by atoms with Gasteiger partial charge in [0.25, 0.3) is 0 Å².